The van der Waals surface area contributed by atoms with E-state index in [-0.39, 0.29) is 36.2 Å². The van der Waals surface area contributed by atoms with Crippen LogP contribution in [0.2, 0.25) is 0 Å². The molecule has 0 saturated heterocycles. The van der Waals surface area contributed by atoms with Crippen molar-refractivity contribution in [1.82, 2.24) is 10.2 Å². The number of hydrogen-bond acceptors (Lipinski definition) is 4. The first-order chi connectivity index (χ1) is 25.8. The summed E-state index contributed by atoms with van der Waals surface area (Å²) in [5.41, 5.74) is 3.80. The summed E-state index contributed by atoms with van der Waals surface area (Å²) in [7, 11) is 0. The number of rotatable bonds is 8. The van der Waals surface area contributed by atoms with E-state index in [2.05, 4.69) is 69.4 Å². The van der Waals surface area contributed by atoms with Crippen molar-refractivity contribution in [3.63, 3.8) is 0 Å². The number of amides is 2. The maximum Gasteiger partial charge on any atom is 0.317 e. The second-order valence-electron chi connectivity index (χ2n) is 19.3. The molecule has 9 rings (SSSR count). The molecule has 0 radical (unpaired) electrons. The lowest BCUT2D eigenvalue weighted by molar-refractivity contribution is -0.118. The van der Waals surface area contributed by atoms with E-state index < -0.39 is 17.1 Å². The quantitative estimate of drug-likeness (QED) is 0.186. The van der Waals surface area contributed by atoms with E-state index in [1.165, 1.54) is 24.8 Å². The number of hydrogen-bond donors (Lipinski definition) is 3. The van der Waals surface area contributed by atoms with Gasteiger partial charge in [-0.3, -0.25) is 4.79 Å². The zero-order valence-electron chi connectivity index (χ0n) is 33.9. The van der Waals surface area contributed by atoms with E-state index in [1.807, 2.05) is 30.0 Å². The number of carbonyl (C=O) groups excluding carboxylic acids is 2. The molecule has 54 heavy (non-hydrogen) atoms. The van der Waals surface area contributed by atoms with Crippen LogP contribution in [0.15, 0.2) is 60.2 Å². The van der Waals surface area contributed by atoms with Crippen molar-refractivity contribution >= 4 is 11.8 Å². The summed E-state index contributed by atoms with van der Waals surface area (Å²) in [4.78, 5) is 31.1. The number of ketones is 1. The monoisotopic (exact) mass is 737 g/mol. The molecule has 5 fully saturated rings. The first-order valence-electron chi connectivity index (χ1n) is 21.6. The third-order valence-corrected chi connectivity index (χ3v) is 15.7. The lowest BCUT2D eigenvalue weighted by atomic mass is 9.45. The second-order valence-corrected chi connectivity index (χ2v) is 19.3. The average Bonchev–Trinajstić information content (AvgIpc) is 3.42. The summed E-state index contributed by atoms with van der Waals surface area (Å²) in [6.45, 7) is 12.2. The minimum absolute atomic E-state index is 0.0326. The SMILES string of the molecule is CC1=CCC[C@@]2(C)[C@@H](CC[C@@]2(O)CN(C[C@@H]2CC[C@H]3C[C@@H]2C3(C)C)C(=O)N[C@H](C)c2ccccc2)c2ccc(cc2C(=O)C2CCCCC2)C[C@@H](O)CC1. The van der Waals surface area contributed by atoms with Gasteiger partial charge >= 0.3 is 6.03 Å². The number of fused-ring (bicyclic) bond motifs is 10. The molecule has 7 aliphatic rings. The van der Waals surface area contributed by atoms with Gasteiger partial charge in [-0.15, -0.1) is 0 Å². The van der Waals surface area contributed by atoms with Crippen LogP contribution in [-0.4, -0.2) is 51.7 Å². The fourth-order valence-corrected chi connectivity index (χ4v) is 11.9. The predicted molar refractivity (Wildman–Crippen MR) is 217 cm³/mol. The molecule has 6 nitrogen and oxygen atoms in total. The predicted octanol–water partition coefficient (Wildman–Crippen LogP) is 10.3. The Balaban J connectivity index is 1.24. The number of nitrogens with zero attached hydrogens (tertiary/aromatic N) is 1. The molecule has 0 aromatic heterocycles. The smallest absolute Gasteiger partial charge is 0.317 e. The molecule has 7 aliphatic carbocycles. The molecule has 4 bridgehead atoms. The molecule has 6 heteroatoms. The van der Waals surface area contributed by atoms with E-state index >= 15 is 0 Å². The van der Waals surface area contributed by atoms with Crippen molar-refractivity contribution in [3.05, 3.63) is 82.4 Å². The molecule has 0 spiro atoms. The summed E-state index contributed by atoms with van der Waals surface area (Å²) in [5, 5.41) is 27.7. The highest BCUT2D eigenvalue weighted by Crippen LogP contribution is 2.62. The van der Waals surface area contributed by atoms with E-state index in [1.54, 1.807) is 0 Å². The van der Waals surface area contributed by atoms with Crippen molar-refractivity contribution in [1.29, 1.82) is 0 Å². The Bertz CT molecular complexity index is 1680. The van der Waals surface area contributed by atoms with Gasteiger partial charge in [0.25, 0.3) is 0 Å². The number of Topliss-reactive ketones (excluding diaryl/α,β-unsaturated/α-hetero) is 1. The molecule has 294 valence electrons. The number of urea groups is 1. The Hall–Kier alpha value is -2.96. The molecule has 3 N–H and O–H groups in total. The summed E-state index contributed by atoms with van der Waals surface area (Å²) < 4.78 is 0. The molecule has 2 amide bonds. The molecule has 0 heterocycles. The lowest BCUT2D eigenvalue weighted by Gasteiger charge is -2.60. The highest BCUT2D eigenvalue weighted by atomic mass is 16.3. The average molecular weight is 737 g/mol. The fourth-order valence-electron chi connectivity index (χ4n) is 11.9. The maximum atomic E-state index is 14.6. The van der Waals surface area contributed by atoms with E-state index in [0.29, 0.717) is 43.1 Å². The van der Waals surface area contributed by atoms with Crippen LogP contribution in [0.3, 0.4) is 0 Å². The van der Waals surface area contributed by atoms with Crippen LogP contribution in [0.1, 0.15) is 164 Å². The van der Waals surface area contributed by atoms with Crippen LogP contribution in [0, 0.1) is 34.5 Å². The molecule has 8 atom stereocenters. The minimum atomic E-state index is -1.14. The van der Waals surface area contributed by atoms with Crippen LogP contribution in [0.5, 0.6) is 0 Å². The largest absolute Gasteiger partial charge is 0.393 e. The number of aliphatic hydroxyl groups excluding tert-OH is 1. The van der Waals surface area contributed by atoms with Gasteiger partial charge in [-0.25, -0.2) is 4.79 Å². The minimum Gasteiger partial charge on any atom is -0.393 e. The van der Waals surface area contributed by atoms with Crippen LogP contribution >= 0.6 is 0 Å². The normalized spacial score (nSPS) is 33.1. The first-order valence-corrected chi connectivity index (χ1v) is 21.6. The first kappa shape index (κ1) is 39.3. The number of aliphatic hydroxyl groups is 2. The van der Waals surface area contributed by atoms with Gasteiger partial charge in [0.2, 0.25) is 0 Å². The third kappa shape index (κ3) is 7.73. The fraction of sp³-hybridized carbons (Fsp3) is 0.667. The molecular weight excluding hydrogens is 669 g/mol. The van der Waals surface area contributed by atoms with E-state index in [9.17, 15) is 19.8 Å². The second kappa shape index (κ2) is 15.9. The molecule has 0 unspecified atom stereocenters. The van der Waals surface area contributed by atoms with Crippen LogP contribution in [0.4, 0.5) is 4.79 Å². The molecule has 2 aromatic carbocycles. The number of nitrogens with one attached hydrogen (secondary N) is 1. The van der Waals surface area contributed by atoms with Gasteiger partial charge < -0.3 is 20.4 Å². The van der Waals surface area contributed by atoms with Crippen molar-refractivity contribution < 1.29 is 19.8 Å². The van der Waals surface area contributed by atoms with Gasteiger partial charge in [-0.2, -0.15) is 0 Å². The molecule has 5 saturated carbocycles. The van der Waals surface area contributed by atoms with Gasteiger partial charge in [0, 0.05) is 23.4 Å². The van der Waals surface area contributed by atoms with Crippen molar-refractivity contribution in [2.45, 2.75) is 155 Å². The van der Waals surface area contributed by atoms with Gasteiger partial charge in [-0.05, 0) is 143 Å². The number of benzene rings is 2. The van der Waals surface area contributed by atoms with Crippen molar-refractivity contribution in [3.8, 4) is 0 Å². The van der Waals surface area contributed by atoms with E-state index in [0.717, 1.165) is 86.0 Å². The van der Waals surface area contributed by atoms with Crippen molar-refractivity contribution in [2.24, 2.45) is 34.5 Å². The van der Waals surface area contributed by atoms with Gasteiger partial charge in [0.05, 0.1) is 24.3 Å². The van der Waals surface area contributed by atoms with E-state index in [4.69, 9.17) is 0 Å². The standard InChI is InChI=1S/C48H68N2O4/c1-32-13-12-25-47(5)42(40-23-19-34(27-39(51)22-18-32)28-41(40)44(52)36-16-10-7-11-17-36)24-26-48(47,54)31-50(30-37-20-21-38-29-43(37)46(38,3)4)45(53)49-33(2)35-14-8-6-9-15-35/h6,8-9,13-15,19,23,28,33,36-39,42-43,51,54H,7,10-12,16-18,20-22,24-27,29-31H2,1-5H3,(H,49,53)/t33-,37+,38+,39+,42+,43+,47+,48-/m1/s1. The Morgan fingerprint density at radius 1 is 0.944 bits per heavy atom. The lowest BCUT2D eigenvalue weighted by Crippen LogP contribution is -2.59. The molecule has 0 aliphatic heterocycles. The molecular formula is C48H68N2O4. The Kier molecular flexibility index (Phi) is 11.6. The molecule has 2 aromatic rings. The summed E-state index contributed by atoms with van der Waals surface area (Å²) >= 11 is 0. The van der Waals surface area contributed by atoms with Crippen LogP contribution in [0.25, 0.3) is 0 Å². The Labute approximate surface area is 325 Å². The van der Waals surface area contributed by atoms with Crippen molar-refractivity contribution in [2.75, 3.05) is 13.1 Å². The number of allylic oxidation sites excluding steroid dienone is 2. The number of carbonyl (C=O) groups is 2. The topological polar surface area (TPSA) is 89.9 Å². The Morgan fingerprint density at radius 3 is 2.43 bits per heavy atom. The summed E-state index contributed by atoms with van der Waals surface area (Å²) in [6, 6.07) is 16.3. The zero-order chi connectivity index (χ0) is 38.3. The summed E-state index contributed by atoms with van der Waals surface area (Å²) in [6.07, 6.45) is 15.6. The summed E-state index contributed by atoms with van der Waals surface area (Å²) in [5.74, 6) is 2.02. The third-order valence-electron chi connectivity index (χ3n) is 15.7. The van der Waals surface area contributed by atoms with Gasteiger partial charge in [-0.1, -0.05) is 94.1 Å². The zero-order valence-corrected chi connectivity index (χ0v) is 33.9. The van der Waals surface area contributed by atoms with Crippen LogP contribution < -0.4 is 5.32 Å². The van der Waals surface area contributed by atoms with Gasteiger partial charge in [0.15, 0.2) is 5.78 Å². The van der Waals surface area contributed by atoms with Crippen LogP contribution in [-0.2, 0) is 6.42 Å². The van der Waals surface area contributed by atoms with Gasteiger partial charge in [0.1, 0.15) is 0 Å². The maximum absolute atomic E-state index is 14.6. The highest BCUT2D eigenvalue weighted by Gasteiger charge is 2.59. The Morgan fingerprint density at radius 2 is 1.70 bits per heavy atom. The highest BCUT2D eigenvalue weighted by molar-refractivity contribution is 5.99.